The highest BCUT2D eigenvalue weighted by molar-refractivity contribution is 6.08. The van der Waals surface area contributed by atoms with Crippen LogP contribution in [0.5, 0.6) is 0 Å². The minimum absolute atomic E-state index is 0.0689. The van der Waals surface area contributed by atoms with Crippen molar-refractivity contribution in [3.63, 3.8) is 0 Å². The molecule has 1 saturated heterocycles. The Labute approximate surface area is 168 Å². The van der Waals surface area contributed by atoms with Crippen molar-refractivity contribution < 1.29 is 14.4 Å². The van der Waals surface area contributed by atoms with Crippen LogP contribution in [-0.4, -0.2) is 31.3 Å². The molecule has 146 valence electrons. The Bertz CT molecular complexity index is 1100. The number of anilines is 2. The summed E-state index contributed by atoms with van der Waals surface area (Å²) in [5, 5.41) is 7.43. The first-order chi connectivity index (χ1) is 14.1. The van der Waals surface area contributed by atoms with Gasteiger partial charge in [0.15, 0.2) is 0 Å². The first-order valence-corrected chi connectivity index (χ1v) is 9.48. The van der Waals surface area contributed by atoms with Crippen molar-refractivity contribution in [1.29, 1.82) is 0 Å². The van der Waals surface area contributed by atoms with Gasteiger partial charge in [-0.25, -0.2) is 0 Å². The van der Waals surface area contributed by atoms with Crippen molar-refractivity contribution >= 4 is 39.9 Å². The van der Waals surface area contributed by atoms with Crippen molar-refractivity contribution in [2.24, 2.45) is 5.92 Å². The predicted molar refractivity (Wildman–Crippen MR) is 113 cm³/mol. The molecule has 6 nitrogen and oxygen atoms in total. The molecule has 6 heteroatoms. The zero-order valence-electron chi connectivity index (χ0n) is 16.0. The number of carbonyl (C=O) groups is 3. The highest BCUT2D eigenvalue weighted by Crippen LogP contribution is 2.32. The Hall–Kier alpha value is -3.67. The zero-order valence-corrected chi connectivity index (χ0v) is 16.0. The SMILES string of the molecule is CNC(=O)c1cccc(NC(=O)[C@H]2CC(=O)N(c3cccc4ccccc34)C2)c1. The van der Waals surface area contributed by atoms with Gasteiger partial charge in [0.1, 0.15) is 0 Å². The van der Waals surface area contributed by atoms with Gasteiger partial charge in [-0.1, -0.05) is 42.5 Å². The molecule has 0 aromatic heterocycles. The summed E-state index contributed by atoms with van der Waals surface area (Å²) in [6.07, 6.45) is 0.157. The van der Waals surface area contributed by atoms with E-state index in [9.17, 15) is 14.4 Å². The second kappa shape index (κ2) is 7.75. The summed E-state index contributed by atoms with van der Waals surface area (Å²) in [5.74, 6) is -0.972. The third kappa shape index (κ3) is 3.69. The van der Waals surface area contributed by atoms with E-state index in [-0.39, 0.29) is 24.1 Å². The number of fused-ring (bicyclic) bond motifs is 1. The van der Waals surface area contributed by atoms with Crippen LogP contribution in [0.3, 0.4) is 0 Å². The number of hydrogen-bond donors (Lipinski definition) is 2. The number of amides is 3. The van der Waals surface area contributed by atoms with Crippen LogP contribution in [0.1, 0.15) is 16.8 Å². The molecule has 0 saturated carbocycles. The fourth-order valence-electron chi connectivity index (χ4n) is 3.69. The van der Waals surface area contributed by atoms with Gasteiger partial charge >= 0.3 is 0 Å². The monoisotopic (exact) mass is 387 g/mol. The molecule has 3 aromatic carbocycles. The van der Waals surface area contributed by atoms with E-state index in [0.29, 0.717) is 17.8 Å². The van der Waals surface area contributed by atoms with Gasteiger partial charge in [-0.05, 0) is 29.7 Å². The van der Waals surface area contributed by atoms with Crippen LogP contribution >= 0.6 is 0 Å². The first-order valence-electron chi connectivity index (χ1n) is 9.48. The van der Waals surface area contributed by atoms with Crippen LogP contribution < -0.4 is 15.5 Å². The fraction of sp³-hybridized carbons (Fsp3) is 0.174. The maximum absolute atomic E-state index is 12.8. The third-order valence-electron chi connectivity index (χ3n) is 5.17. The molecule has 0 spiro atoms. The summed E-state index contributed by atoms with van der Waals surface area (Å²) >= 11 is 0. The van der Waals surface area contributed by atoms with Crippen molar-refractivity contribution in [2.45, 2.75) is 6.42 Å². The average Bonchev–Trinajstić information content (AvgIpc) is 3.14. The average molecular weight is 387 g/mol. The standard InChI is InChI=1S/C23H21N3O3/c1-24-22(28)16-8-4-9-18(12-16)25-23(29)17-13-21(27)26(14-17)20-11-5-7-15-6-2-3-10-19(15)20/h2-12,17H,13-14H2,1H3,(H,24,28)(H,25,29)/t17-/m0/s1. The highest BCUT2D eigenvalue weighted by atomic mass is 16.2. The lowest BCUT2D eigenvalue weighted by Crippen LogP contribution is -2.28. The summed E-state index contributed by atoms with van der Waals surface area (Å²) < 4.78 is 0. The largest absolute Gasteiger partial charge is 0.355 e. The van der Waals surface area contributed by atoms with Crippen molar-refractivity contribution in [2.75, 3.05) is 23.8 Å². The van der Waals surface area contributed by atoms with Gasteiger partial charge < -0.3 is 15.5 Å². The van der Waals surface area contributed by atoms with Gasteiger partial charge in [-0.3, -0.25) is 14.4 Å². The Morgan fingerprint density at radius 3 is 2.59 bits per heavy atom. The molecule has 0 unspecified atom stereocenters. The first kappa shape index (κ1) is 18.7. The van der Waals surface area contributed by atoms with Gasteiger partial charge in [0.2, 0.25) is 11.8 Å². The molecule has 0 aliphatic carbocycles. The Kier molecular flexibility index (Phi) is 4.99. The van der Waals surface area contributed by atoms with Crippen LogP contribution in [0.25, 0.3) is 10.8 Å². The lowest BCUT2D eigenvalue weighted by molar-refractivity contribution is -0.122. The molecule has 0 bridgehead atoms. The van der Waals surface area contributed by atoms with Crippen LogP contribution in [-0.2, 0) is 9.59 Å². The maximum Gasteiger partial charge on any atom is 0.251 e. The molecule has 1 heterocycles. The second-order valence-corrected chi connectivity index (χ2v) is 7.05. The van der Waals surface area contributed by atoms with E-state index in [0.717, 1.165) is 16.5 Å². The normalized spacial score (nSPS) is 16.1. The van der Waals surface area contributed by atoms with Gasteiger partial charge in [0, 0.05) is 36.7 Å². The topological polar surface area (TPSA) is 78.5 Å². The smallest absolute Gasteiger partial charge is 0.251 e. The molecule has 2 N–H and O–H groups in total. The number of hydrogen-bond acceptors (Lipinski definition) is 3. The Morgan fingerprint density at radius 1 is 1.00 bits per heavy atom. The molecule has 3 aromatic rings. The lowest BCUT2D eigenvalue weighted by Gasteiger charge is -2.19. The molecule has 29 heavy (non-hydrogen) atoms. The predicted octanol–water partition coefficient (Wildman–Crippen LogP) is 3.19. The molecule has 0 radical (unpaired) electrons. The Morgan fingerprint density at radius 2 is 1.76 bits per heavy atom. The molecular formula is C23H21N3O3. The minimum Gasteiger partial charge on any atom is -0.355 e. The molecule has 1 fully saturated rings. The van der Waals surface area contributed by atoms with Gasteiger partial charge in [-0.15, -0.1) is 0 Å². The number of rotatable bonds is 4. The van der Waals surface area contributed by atoms with E-state index < -0.39 is 5.92 Å². The van der Waals surface area contributed by atoms with E-state index in [1.807, 2.05) is 42.5 Å². The molecule has 1 atom stereocenters. The van der Waals surface area contributed by atoms with Crippen LogP contribution in [0.2, 0.25) is 0 Å². The summed E-state index contributed by atoms with van der Waals surface area (Å²) in [6, 6.07) is 20.5. The number of carbonyl (C=O) groups excluding carboxylic acids is 3. The number of nitrogens with one attached hydrogen (secondary N) is 2. The number of benzene rings is 3. The summed E-state index contributed by atoms with van der Waals surface area (Å²) in [7, 11) is 1.56. The second-order valence-electron chi connectivity index (χ2n) is 7.05. The van der Waals surface area contributed by atoms with Gasteiger partial charge in [0.25, 0.3) is 5.91 Å². The number of nitrogens with zero attached hydrogens (tertiary/aromatic N) is 1. The minimum atomic E-state index is -0.454. The van der Waals surface area contributed by atoms with Crippen LogP contribution in [0.4, 0.5) is 11.4 Å². The van der Waals surface area contributed by atoms with Gasteiger partial charge in [-0.2, -0.15) is 0 Å². The van der Waals surface area contributed by atoms with Crippen molar-refractivity contribution in [1.82, 2.24) is 5.32 Å². The quantitative estimate of drug-likeness (QED) is 0.722. The van der Waals surface area contributed by atoms with Gasteiger partial charge in [0.05, 0.1) is 11.6 Å². The Balaban J connectivity index is 1.52. The fourth-order valence-corrected chi connectivity index (χ4v) is 3.69. The van der Waals surface area contributed by atoms with E-state index >= 15 is 0 Å². The molecule has 1 aliphatic heterocycles. The highest BCUT2D eigenvalue weighted by Gasteiger charge is 2.35. The van der Waals surface area contributed by atoms with E-state index in [1.54, 1.807) is 36.2 Å². The van der Waals surface area contributed by atoms with Crippen LogP contribution in [0, 0.1) is 5.92 Å². The maximum atomic E-state index is 12.8. The molecule has 3 amide bonds. The van der Waals surface area contributed by atoms with E-state index in [1.165, 1.54) is 0 Å². The molecular weight excluding hydrogens is 366 g/mol. The summed E-state index contributed by atoms with van der Waals surface area (Å²) in [6.45, 7) is 0.327. The lowest BCUT2D eigenvalue weighted by atomic mass is 10.1. The summed E-state index contributed by atoms with van der Waals surface area (Å²) in [5.41, 5.74) is 1.82. The van der Waals surface area contributed by atoms with E-state index in [4.69, 9.17) is 0 Å². The molecule has 4 rings (SSSR count). The van der Waals surface area contributed by atoms with E-state index in [2.05, 4.69) is 10.6 Å². The molecule has 1 aliphatic rings. The van der Waals surface area contributed by atoms with Crippen LogP contribution in [0.15, 0.2) is 66.7 Å². The van der Waals surface area contributed by atoms with Crippen molar-refractivity contribution in [3.05, 3.63) is 72.3 Å². The van der Waals surface area contributed by atoms with Crippen molar-refractivity contribution in [3.8, 4) is 0 Å². The summed E-state index contributed by atoms with van der Waals surface area (Å²) in [4.78, 5) is 38.9. The third-order valence-corrected chi connectivity index (χ3v) is 5.17. The zero-order chi connectivity index (χ0) is 20.4.